The molecule has 0 saturated carbocycles. The average Bonchev–Trinajstić information content (AvgIpc) is 2.54. The summed E-state index contributed by atoms with van der Waals surface area (Å²) in [6, 6.07) is 12.6. The summed E-state index contributed by atoms with van der Waals surface area (Å²) in [6.45, 7) is 2.96. The Hall–Kier alpha value is -2.49. The van der Waals surface area contributed by atoms with Crippen molar-refractivity contribution in [1.29, 1.82) is 0 Å². The SMILES string of the molecule is CCCNC(=O)C[n+]1ccc(C(=O)c2ccccc2)cc1. The molecule has 0 aliphatic rings. The van der Waals surface area contributed by atoms with E-state index in [9.17, 15) is 9.59 Å². The minimum atomic E-state index is -0.0241. The third-order valence-electron chi connectivity index (χ3n) is 3.09. The molecule has 0 radical (unpaired) electrons. The van der Waals surface area contributed by atoms with E-state index in [4.69, 9.17) is 0 Å². The summed E-state index contributed by atoms with van der Waals surface area (Å²) in [5, 5.41) is 2.82. The molecular weight excluding hydrogens is 264 g/mol. The Morgan fingerprint density at radius 3 is 2.24 bits per heavy atom. The van der Waals surface area contributed by atoms with Crippen molar-refractivity contribution in [2.45, 2.75) is 19.9 Å². The Kier molecular flexibility index (Phi) is 5.21. The number of ketones is 1. The fourth-order valence-electron chi connectivity index (χ4n) is 1.96. The number of nitrogens with one attached hydrogen (secondary N) is 1. The van der Waals surface area contributed by atoms with Gasteiger partial charge < -0.3 is 5.32 Å². The van der Waals surface area contributed by atoms with Crippen LogP contribution >= 0.6 is 0 Å². The highest BCUT2D eigenvalue weighted by molar-refractivity contribution is 6.08. The highest BCUT2D eigenvalue weighted by Crippen LogP contribution is 2.07. The molecule has 0 fully saturated rings. The lowest BCUT2D eigenvalue weighted by molar-refractivity contribution is -0.684. The molecule has 0 bridgehead atoms. The Morgan fingerprint density at radius 2 is 1.62 bits per heavy atom. The van der Waals surface area contributed by atoms with Crippen molar-refractivity contribution in [3.63, 3.8) is 0 Å². The lowest BCUT2D eigenvalue weighted by atomic mass is 10.0. The molecule has 0 aliphatic carbocycles. The first-order chi connectivity index (χ1) is 10.2. The number of nitrogens with zero attached hydrogens (tertiary/aromatic N) is 1. The van der Waals surface area contributed by atoms with E-state index in [1.54, 1.807) is 41.2 Å². The van der Waals surface area contributed by atoms with Crippen LogP contribution in [-0.4, -0.2) is 18.2 Å². The van der Waals surface area contributed by atoms with Crippen molar-refractivity contribution in [2.24, 2.45) is 0 Å². The fourth-order valence-corrected chi connectivity index (χ4v) is 1.96. The van der Waals surface area contributed by atoms with E-state index < -0.39 is 0 Å². The second-order valence-electron chi connectivity index (χ2n) is 4.80. The zero-order chi connectivity index (χ0) is 15.1. The number of amides is 1. The zero-order valence-corrected chi connectivity index (χ0v) is 12.1. The Labute approximate surface area is 124 Å². The molecule has 0 spiro atoms. The van der Waals surface area contributed by atoms with Crippen molar-refractivity contribution in [1.82, 2.24) is 5.32 Å². The number of carbonyl (C=O) groups is 2. The first-order valence-corrected chi connectivity index (χ1v) is 7.06. The predicted octanol–water partition coefficient (Wildman–Crippen LogP) is 1.73. The maximum absolute atomic E-state index is 12.2. The van der Waals surface area contributed by atoms with Crippen LogP contribution in [0.3, 0.4) is 0 Å². The number of aromatic nitrogens is 1. The number of pyridine rings is 1. The van der Waals surface area contributed by atoms with Crippen molar-refractivity contribution >= 4 is 11.7 Å². The molecule has 1 aromatic carbocycles. The molecule has 2 aromatic rings. The molecule has 0 atom stereocenters. The molecule has 1 aromatic heterocycles. The molecule has 21 heavy (non-hydrogen) atoms. The molecule has 2 rings (SSSR count). The van der Waals surface area contributed by atoms with Gasteiger partial charge in [0.15, 0.2) is 18.2 Å². The van der Waals surface area contributed by atoms with Crippen LogP contribution in [0, 0.1) is 0 Å². The molecule has 4 heteroatoms. The van der Waals surface area contributed by atoms with E-state index in [0.717, 1.165) is 6.42 Å². The lowest BCUT2D eigenvalue weighted by Crippen LogP contribution is -2.42. The van der Waals surface area contributed by atoms with Gasteiger partial charge in [-0.05, 0) is 6.42 Å². The van der Waals surface area contributed by atoms with Crippen LogP contribution in [0.25, 0.3) is 0 Å². The van der Waals surface area contributed by atoms with Gasteiger partial charge in [-0.1, -0.05) is 37.3 Å². The molecular formula is C17H19N2O2+. The number of hydrogen-bond acceptors (Lipinski definition) is 2. The monoisotopic (exact) mass is 283 g/mol. The molecule has 0 saturated heterocycles. The number of hydrogen-bond donors (Lipinski definition) is 1. The van der Waals surface area contributed by atoms with Crippen LogP contribution in [-0.2, 0) is 11.3 Å². The summed E-state index contributed by atoms with van der Waals surface area (Å²) in [5.74, 6) is -0.0397. The third kappa shape index (κ3) is 4.24. The molecule has 4 nitrogen and oxygen atoms in total. The summed E-state index contributed by atoms with van der Waals surface area (Å²) in [6.07, 6.45) is 4.42. The molecule has 108 valence electrons. The second-order valence-corrected chi connectivity index (χ2v) is 4.80. The molecule has 0 aliphatic heterocycles. The smallest absolute Gasteiger partial charge is 0.285 e. The van der Waals surface area contributed by atoms with E-state index in [1.807, 2.05) is 25.1 Å². The number of carbonyl (C=O) groups excluding carboxylic acids is 2. The molecule has 1 heterocycles. The summed E-state index contributed by atoms with van der Waals surface area (Å²) in [5.41, 5.74) is 1.28. The van der Waals surface area contributed by atoms with Crippen LogP contribution in [0.2, 0.25) is 0 Å². The van der Waals surface area contributed by atoms with Gasteiger partial charge in [0.05, 0.1) is 0 Å². The Bertz CT molecular complexity index is 606. The maximum Gasteiger partial charge on any atom is 0.285 e. The Balaban J connectivity index is 2.02. The average molecular weight is 283 g/mol. The van der Waals surface area contributed by atoms with Gasteiger partial charge in [0.25, 0.3) is 5.91 Å². The summed E-state index contributed by atoms with van der Waals surface area (Å²) < 4.78 is 1.76. The lowest BCUT2D eigenvalue weighted by Gasteiger charge is -2.02. The second kappa shape index (κ2) is 7.33. The minimum Gasteiger partial charge on any atom is -0.351 e. The highest BCUT2D eigenvalue weighted by Gasteiger charge is 2.12. The normalized spacial score (nSPS) is 10.1. The van der Waals surface area contributed by atoms with E-state index in [-0.39, 0.29) is 18.2 Å². The van der Waals surface area contributed by atoms with Gasteiger partial charge in [-0.2, -0.15) is 4.57 Å². The topological polar surface area (TPSA) is 50.1 Å². The standard InChI is InChI=1S/C17H18N2O2/c1-2-10-18-16(20)13-19-11-8-15(9-12-19)17(21)14-6-4-3-5-7-14/h3-9,11-12H,2,10,13H2,1H3/p+1. The van der Waals surface area contributed by atoms with Crippen LogP contribution < -0.4 is 9.88 Å². The van der Waals surface area contributed by atoms with Gasteiger partial charge in [0.1, 0.15) is 0 Å². The van der Waals surface area contributed by atoms with Gasteiger partial charge >= 0.3 is 0 Å². The largest absolute Gasteiger partial charge is 0.351 e. The van der Waals surface area contributed by atoms with Gasteiger partial charge in [-0.15, -0.1) is 0 Å². The van der Waals surface area contributed by atoms with Gasteiger partial charge in [-0.25, -0.2) is 0 Å². The van der Waals surface area contributed by atoms with Gasteiger partial charge in [0.2, 0.25) is 6.54 Å². The van der Waals surface area contributed by atoms with Crippen LogP contribution in [0.5, 0.6) is 0 Å². The first kappa shape index (κ1) is 14.9. The van der Waals surface area contributed by atoms with E-state index in [0.29, 0.717) is 17.7 Å². The minimum absolute atomic E-state index is 0.0156. The first-order valence-electron chi connectivity index (χ1n) is 7.06. The van der Waals surface area contributed by atoms with Gasteiger partial charge in [-0.3, -0.25) is 9.59 Å². The summed E-state index contributed by atoms with van der Waals surface area (Å²) in [7, 11) is 0. The molecule has 0 unspecified atom stereocenters. The predicted molar refractivity (Wildman–Crippen MR) is 79.8 cm³/mol. The number of rotatable bonds is 6. The van der Waals surface area contributed by atoms with E-state index in [2.05, 4.69) is 5.32 Å². The quantitative estimate of drug-likeness (QED) is 0.648. The third-order valence-corrected chi connectivity index (χ3v) is 3.09. The molecule has 1 amide bonds. The van der Waals surface area contributed by atoms with Crippen molar-refractivity contribution in [2.75, 3.05) is 6.54 Å². The number of benzene rings is 1. The molecule has 1 N–H and O–H groups in total. The Morgan fingerprint density at radius 1 is 1.00 bits per heavy atom. The van der Waals surface area contributed by atoms with E-state index in [1.165, 1.54) is 0 Å². The van der Waals surface area contributed by atoms with E-state index >= 15 is 0 Å². The summed E-state index contributed by atoms with van der Waals surface area (Å²) in [4.78, 5) is 23.8. The van der Waals surface area contributed by atoms with Gasteiger partial charge in [0, 0.05) is 29.8 Å². The van der Waals surface area contributed by atoms with Crippen LogP contribution in [0.15, 0.2) is 54.9 Å². The van der Waals surface area contributed by atoms with Crippen molar-refractivity contribution in [3.8, 4) is 0 Å². The summed E-state index contributed by atoms with van der Waals surface area (Å²) >= 11 is 0. The highest BCUT2D eigenvalue weighted by atomic mass is 16.2. The maximum atomic E-state index is 12.2. The van der Waals surface area contributed by atoms with Crippen LogP contribution in [0.4, 0.5) is 0 Å². The van der Waals surface area contributed by atoms with Crippen LogP contribution in [0.1, 0.15) is 29.3 Å². The fraction of sp³-hybridized carbons (Fsp3) is 0.235. The van der Waals surface area contributed by atoms with Crippen molar-refractivity contribution in [3.05, 3.63) is 66.0 Å². The van der Waals surface area contributed by atoms with Crippen molar-refractivity contribution < 1.29 is 14.2 Å². The zero-order valence-electron chi connectivity index (χ0n) is 12.1.